The van der Waals surface area contributed by atoms with Crippen LogP contribution in [-0.4, -0.2) is 36.9 Å². The summed E-state index contributed by atoms with van der Waals surface area (Å²) in [5.74, 6) is -0.321. The molecule has 1 aliphatic carbocycles. The van der Waals surface area contributed by atoms with Gasteiger partial charge < -0.3 is 19.9 Å². The van der Waals surface area contributed by atoms with Crippen molar-refractivity contribution in [2.24, 2.45) is 0 Å². The van der Waals surface area contributed by atoms with Crippen LogP contribution in [0, 0.1) is 0 Å². The second-order valence-corrected chi connectivity index (χ2v) is 7.35. The summed E-state index contributed by atoms with van der Waals surface area (Å²) in [7, 11) is 0. The summed E-state index contributed by atoms with van der Waals surface area (Å²) in [5, 5.41) is 14.3. The van der Waals surface area contributed by atoms with Gasteiger partial charge in [0, 0.05) is 17.3 Å². The van der Waals surface area contributed by atoms with Gasteiger partial charge in [-0.3, -0.25) is 0 Å². The molecule has 0 bridgehead atoms. The summed E-state index contributed by atoms with van der Waals surface area (Å²) in [6, 6.07) is 13.5. The lowest BCUT2D eigenvalue weighted by Gasteiger charge is -2.25. The molecule has 0 fully saturated rings. The van der Waals surface area contributed by atoms with Crippen molar-refractivity contribution in [3.05, 3.63) is 64.2 Å². The number of hydrogen-bond donors (Lipinski definition) is 2. The maximum absolute atomic E-state index is 11.5. The first-order valence-corrected chi connectivity index (χ1v) is 9.99. The average molecular weight is 404 g/mol. The van der Waals surface area contributed by atoms with E-state index in [0.717, 1.165) is 30.5 Å². The number of ether oxygens (including phenoxy) is 2. The molecule has 0 spiro atoms. The van der Waals surface area contributed by atoms with Gasteiger partial charge in [-0.15, -0.1) is 0 Å². The van der Waals surface area contributed by atoms with Crippen molar-refractivity contribution < 1.29 is 19.4 Å². The Labute approximate surface area is 170 Å². The van der Waals surface area contributed by atoms with Gasteiger partial charge in [0.15, 0.2) is 0 Å². The standard InChI is InChI=1S/C22H26ClNO4/c1-2-27-22(26)14-28-20-9-7-15-6-8-19(11-17(15)12-20)24-13-21(25)16-4-3-5-18(23)10-16/h3-6,8,10-11,20-21,24-25H,2,7,9,12-14H2,1H3. The highest BCUT2D eigenvalue weighted by atomic mass is 35.5. The van der Waals surface area contributed by atoms with Crippen LogP contribution >= 0.6 is 11.6 Å². The molecule has 3 rings (SSSR count). The van der Waals surface area contributed by atoms with Crippen LogP contribution in [-0.2, 0) is 27.1 Å². The summed E-state index contributed by atoms with van der Waals surface area (Å²) in [4.78, 5) is 11.5. The molecule has 0 aromatic heterocycles. The van der Waals surface area contributed by atoms with Crippen molar-refractivity contribution in [3.8, 4) is 0 Å². The largest absolute Gasteiger partial charge is 0.464 e. The van der Waals surface area contributed by atoms with Crippen molar-refractivity contribution in [1.29, 1.82) is 0 Å². The van der Waals surface area contributed by atoms with E-state index in [-0.39, 0.29) is 18.7 Å². The SMILES string of the molecule is CCOC(=O)COC1CCc2ccc(NCC(O)c3cccc(Cl)c3)cc2C1. The maximum Gasteiger partial charge on any atom is 0.332 e. The number of hydrogen-bond acceptors (Lipinski definition) is 5. The van der Waals surface area contributed by atoms with E-state index in [1.165, 1.54) is 11.1 Å². The third kappa shape index (κ3) is 5.71. The minimum Gasteiger partial charge on any atom is -0.464 e. The smallest absolute Gasteiger partial charge is 0.332 e. The van der Waals surface area contributed by atoms with E-state index in [2.05, 4.69) is 17.4 Å². The van der Waals surface area contributed by atoms with Crippen molar-refractivity contribution in [2.75, 3.05) is 25.1 Å². The lowest BCUT2D eigenvalue weighted by molar-refractivity contribution is -0.150. The fourth-order valence-electron chi connectivity index (χ4n) is 3.41. The fourth-order valence-corrected chi connectivity index (χ4v) is 3.61. The monoisotopic (exact) mass is 403 g/mol. The molecule has 0 radical (unpaired) electrons. The van der Waals surface area contributed by atoms with Crippen LogP contribution in [0.3, 0.4) is 0 Å². The van der Waals surface area contributed by atoms with Gasteiger partial charge in [-0.05, 0) is 67.1 Å². The molecule has 2 aromatic rings. The van der Waals surface area contributed by atoms with Gasteiger partial charge in [0.05, 0.1) is 18.8 Å². The quantitative estimate of drug-likeness (QED) is 0.654. The number of rotatable bonds is 8. The van der Waals surface area contributed by atoms with Gasteiger partial charge in [-0.1, -0.05) is 29.8 Å². The molecule has 2 N–H and O–H groups in total. The Kier molecular flexibility index (Phi) is 7.31. The summed E-state index contributed by atoms with van der Waals surface area (Å²) in [6.45, 7) is 2.54. The van der Waals surface area contributed by atoms with E-state index < -0.39 is 6.10 Å². The topological polar surface area (TPSA) is 67.8 Å². The van der Waals surface area contributed by atoms with E-state index in [0.29, 0.717) is 18.2 Å². The summed E-state index contributed by atoms with van der Waals surface area (Å²) in [6.07, 6.45) is 1.96. The number of carbonyl (C=O) groups excluding carboxylic acids is 1. The molecule has 6 heteroatoms. The molecule has 0 amide bonds. The van der Waals surface area contributed by atoms with Gasteiger partial charge in [0.2, 0.25) is 0 Å². The maximum atomic E-state index is 11.5. The normalized spacial score (nSPS) is 16.9. The number of halogens is 1. The number of fused-ring (bicyclic) bond motifs is 1. The molecular formula is C22H26ClNO4. The molecular weight excluding hydrogens is 378 g/mol. The lowest BCUT2D eigenvalue weighted by atomic mass is 9.89. The number of aryl methyl sites for hydroxylation is 1. The Morgan fingerprint density at radius 1 is 1.29 bits per heavy atom. The Morgan fingerprint density at radius 3 is 2.93 bits per heavy atom. The zero-order chi connectivity index (χ0) is 19.9. The number of benzene rings is 2. The molecule has 1 aliphatic rings. The van der Waals surface area contributed by atoms with E-state index in [1.54, 1.807) is 19.1 Å². The van der Waals surface area contributed by atoms with Gasteiger partial charge in [-0.2, -0.15) is 0 Å². The van der Waals surface area contributed by atoms with Crippen LogP contribution in [0.25, 0.3) is 0 Å². The number of aliphatic hydroxyl groups excluding tert-OH is 1. The van der Waals surface area contributed by atoms with Crippen LogP contribution in [0.2, 0.25) is 5.02 Å². The van der Waals surface area contributed by atoms with Crippen LogP contribution < -0.4 is 5.32 Å². The molecule has 2 aromatic carbocycles. The minimum absolute atomic E-state index is 0.00237. The Balaban J connectivity index is 1.56. The van der Waals surface area contributed by atoms with E-state index in [4.69, 9.17) is 21.1 Å². The van der Waals surface area contributed by atoms with Gasteiger partial charge in [0.1, 0.15) is 6.61 Å². The van der Waals surface area contributed by atoms with Crippen LogP contribution in [0.5, 0.6) is 0 Å². The first kappa shape index (κ1) is 20.6. The third-order valence-electron chi connectivity index (χ3n) is 4.86. The first-order chi connectivity index (χ1) is 13.5. The first-order valence-electron chi connectivity index (χ1n) is 9.61. The van der Waals surface area contributed by atoms with Crippen molar-refractivity contribution >= 4 is 23.3 Å². The van der Waals surface area contributed by atoms with Gasteiger partial charge in [-0.25, -0.2) is 4.79 Å². The van der Waals surface area contributed by atoms with E-state index >= 15 is 0 Å². The second kappa shape index (κ2) is 9.92. The molecule has 0 saturated heterocycles. The Morgan fingerprint density at radius 2 is 2.14 bits per heavy atom. The number of aliphatic hydroxyl groups is 1. The molecule has 0 heterocycles. The summed E-state index contributed by atoms with van der Waals surface area (Å²) >= 11 is 5.99. The number of carbonyl (C=O) groups is 1. The number of nitrogens with one attached hydrogen (secondary N) is 1. The molecule has 5 nitrogen and oxygen atoms in total. The molecule has 150 valence electrons. The van der Waals surface area contributed by atoms with Crippen LogP contribution in [0.15, 0.2) is 42.5 Å². The predicted octanol–water partition coefficient (Wildman–Crippen LogP) is 3.92. The van der Waals surface area contributed by atoms with Crippen LogP contribution in [0.4, 0.5) is 5.69 Å². The van der Waals surface area contributed by atoms with Crippen molar-refractivity contribution in [1.82, 2.24) is 0 Å². The Hall–Kier alpha value is -2.08. The number of anilines is 1. The fraction of sp³-hybridized carbons (Fsp3) is 0.409. The summed E-state index contributed by atoms with van der Waals surface area (Å²) < 4.78 is 10.6. The Bertz CT molecular complexity index is 811. The van der Waals surface area contributed by atoms with Gasteiger partial charge in [0.25, 0.3) is 0 Å². The predicted molar refractivity (Wildman–Crippen MR) is 110 cm³/mol. The van der Waals surface area contributed by atoms with Crippen LogP contribution in [0.1, 0.15) is 36.1 Å². The third-order valence-corrected chi connectivity index (χ3v) is 5.10. The van der Waals surface area contributed by atoms with E-state index in [9.17, 15) is 9.90 Å². The van der Waals surface area contributed by atoms with Crippen molar-refractivity contribution in [2.45, 2.75) is 38.4 Å². The second-order valence-electron chi connectivity index (χ2n) is 6.92. The highest BCUT2D eigenvalue weighted by Crippen LogP contribution is 2.27. The molecule has 2 unspecified atom stereocenters. The number of esters is 1. The highest BCUT2D eigenvalue weighted by molar-refractivity contribution is 6.30. The molecule has 0 aliphatic heterocycles. The van der Waals surface area contributed by atoms with E-state index in [1.807, 2.05) is 18.2 Å². The zero-order valence-electron chi connectivity index (χ0n) is 16.0. The molecule has 2 atom stereocenters. The molecule has 0 saturated carbocycles. The molecule has 28 heavy (non-hydrogen) atoms. The zero-order valence-corrected chi connectivity index (χ0v) is 16.7. The van der Waals surface area contributed by atoms with Gasteiger partial charge >= 0.3 is 5.97 Å². The summed E-state index contributed by atoms with van der Waals surface area (Å²) in [5.41, 5.74) is 4.25. The lowest BCUT2D eigenvalue weighted by Crippen LogP contribution is -2.26. The highest BCUT2D eigenvalue weighted by Gasteiger charge is 2.20. The van der Waals surface area contributed by atoms with Crippen molar-refractivity contribution in [3.63, 3.8) is 0 Å². The minimum atomic E-state index is -0.643. The average Bonchev–Trinajstić information content (AvgIpc) is 2.70.